The highest BCUT2D eigenvalue weighted by molar-refractivity contribution is 7.92. The van der Waals surface area contributed by atoms with Crippen LogP contribution < -0.4 is 14.4 Å². The van der Waals surface area contributed by atoms with Crippen molar-refractivity contribution in [3.8, 4) is 5.75 Å². The van der Waals surface area contributed by atoms with Gasteiger partial charge in [0.1, 0.15) is 18.9 Å². The third-order valence-corrected chi connectivity index (χ3v) is 6.54. The van der Waals surface area contributed by atoms with Crippen molar-refractivity contribution in [3.05, 3.63) is 96.0 Å². The van der Waals surface area contributed by atoms with E-state index in [-0.39, 0.29) is 4.90 Å². The Kier molecular flexibility index (Phi) is 7.56. The van der Waals surface area contributed by atoms with E-state index in [4.69, 9.17) is 16.3 Å². The van der Waals surface area contributed by atoms with Crippen molar-refractivity contribution in [2.24, 2.45) is 0 Å². The normalized spacial score (nSPS) is 10.9. The second-order valence-electron chi connectivity index (χ2n) is 6.93. The van der Waals surface area contributed by atoms with Crippen molar-refractivity contribution in [2.45, 2.75) is 11.8 Å². The van der Waals surface area contributed by atoms with Gasteiger partial charge < -0.3 is 10.1 Å². The topological polar surface area (TPSA) is 75.7 Å². The molecule has 3 aromatic carbocycles. The lowest BCUT2D eigenvalue weighted by Gasteiger charge is -2.25. The number of rotatable bonds is 9. The number of carbonyl (C=O) groups is 1. The summed E-state index contributed by atoms with van der Waals surface area (Å²) in [5.41, 5.74) is 1.49. The van der Waals surface area contributed by atoms with Crippen molar-refractivity contribution in [2.75, 3.05) is 22.8 Å². The van der Waals surface area contributed by atoms with E-state index in [2.05, 4.69) is 11.9 Å². The van der Waals surface area contributed by atoms with E-state index in [0.717, 1.165) is 4.31 Å². The summed E-state index contributed by atoms with van der Waals surface area (Å²) in [6, 6.07) is 19.7. The smallest absolute Gasteiger partial charge is 0.264 e. The molecule has 6 nitrogen and oxygen atoms in total. The lowest BCUT2D eigenvalue weighted by Crippen LogP contribution is -2.38. The number of hydrogen-bond acceptors (Lipinski definition) is 4. The number of aryl methyl sites for hydroxylation is 1. The molecule has 0 saturated carbocycles. The highest BCUT2D eigenvalue weighted by atomic mass is 35.5. The number of halogens is 1. The fourth-order valence-corrected chi connectivity index (χ4v) is 4.80. The zero-order chi connectivity index (χ0) is 23.1. The summed E-state index contributed by atoms with van der Waals surface area (Å²) >= 11 is 6.05. The van der Waals surface area contributed by atoms with Crippen LogP contribution >= 0.6 is 11.6 Å². The molecule has 0 aromatic heterocycles. The van der Waals surface area contributed by atoms with Gasteiger partial charge in [0, 0.05) is 16.8 Å². The van der Waals surface area contributed by atoms with Crippen molar-refractivity contribution in [1.82, 2.24) is 0 Å². The second kappa shape index (κ2) is 10.3. The number of amides is 1. The van der Waals surface area contributed by atoms with Crippen molar-refractivity contribution in [3.63, 3.8) is 0 Å². The number of sulfonamides is 1. The Labute approximate surface area is 193 Å². The predicted molar refractivity (Wildman–Crippen MR) is 128 cm³/mol. The molecule has 3 aromatic rings. The van der Waals surface area contributed by atoms with Crippen LogP contribution in [0.5, 0.6) is 5.75 Å². The zero-order valence-corrected chi connectivity index (χ0v) is 19.1. The maximum Gasteiger partial charge on any atom is 0.264 e. The maximum atomic E-state index is 13.4. The van der Waals surface area contributed by atoms with Crippen molar-refractivity contribution in [1.29, 1.82) is 0 Å². The van der Waals surface area contributed by atoms with Gasteiger partial charge in [-0.1, -0.05) is 48.5 Å². The van der Waals surface area contributed by atoms with Crippen LogP contribution in [0, 0.1) is 6.92 Å². The highest BCUT2D eigenvalue weighted by Gasteiger charge is 2.28. The van der Waals surface area contributed by atoms with Gasteiger partial charge in [-0.3, -0.25) is 9.10 Å². The number of anilines is 2. The first-order chi connectivity index (χ1) is 15.3. The van der Waals surface area contributed by atoms with Crippen molar-refractivity contribution < 1.29 is 17.9 Å². The van der Waals surface area contributed by atoms with E-state index in [1.807, 2.05) is 0 Å². The van der Waals surface area contributed by atoms with Crippen LogP contribution in [0.1, 0.15) is 5.56 Å². The van der Waals surface area contributed by atoms with Gasteiger partial charge in [-0.25, -0.2) is 8.42 Å². The van der Waals surface area contributed by atoms with E-state index >= 15 is 0 Å². The third-order valence-electron chi connectivity index (χ3n) is 4.53. The zero-order valence-electron chi connectivity index (χ0n) is 17.5. The number of carbonyl (C=O) groups excluding carboxylic acids is 1. The highest BCUT2D eigenvalue weighted by Crippen LogP contribution is 2.29. The summed E-state index contributed by atoms with van der Waals surface area (Å²) in [6.45, 7) is 5.26. The minimum atomic E-state index is -4.00. The fraction of sp³-hybridized carbons (Fsp3) is 0.125. The molecule has 0 bridgehead atoms. The van der Waals surface area contributed by atoms with Gasteiger partial charge in [-0.2, -0.15) is 0 Å². The molecule has 1 amide bonds. The minimum absolute atomic E-state index is 0.0852. The van der Waals surface area contributed by atoms with Gasteiger partial charge >= 0.3 is 0 Å². The van der Waals surface area contributed by atoms with E-state index in [0.29, 0.717) is 34.3 Å². The molecule has 0 unspecified atom stereocenters. The monoisotopic (exact) mass is 470 g/mol. The van der Waals surface area contributed by atoms with Gasteiger partial charge in [0.25, 0.3) is 10.0 Å². The van der Waals surface area contributed by atoms with Gasteiger partial charge in [0.05, 0.1) is 10.6 Å². The molecule has 0 spiro atoms. The average molecular weight is 471 g/mol. The largest absolute Gasteiger partial charge is 0.489 e. The standard InChI is InChI=1S/C24H23ClN2O4S/c1-3-14-31-21-9-7-8-20(16-21)26-24(28)17-27(23-13-12-19(25)15-18(23)2)32(29,30)22-10-5-4-6-11-22/h3-13,15-16H,1,14,17H2,2H3,(H,26,28). The number of nitrogens with zero attached hydrogens (tertiary/aromatic N) is 1. The van der Waals surface area contributed by atoms with E-state index in [1.165, 1.54) is 12.1 Å². The molecular formula is C24H23ClN2O4S. The first-order valence-electron chi connectivity index (χ1n) is 9.79. The van der Waals surface area contributed by atoms with Gasteiger partial charge in [0.15, 0.2) is 0 Å². The van der Waals surface area contributed by atoms with Crippen LogP contribution in [0.2, 0.25) is 5.02 Å². The summed E-state index contributed by atoms with van der Waals surface area (Å²) in [5, 5.41) is 3.21. The third kappa shape index (κ3) is 5.69. The Morgan fingerprint density at radius 1 is 1.09 bits per heavy atom. The lowest BCUT2D eigenvalue weighted by atomic mass is 10.2. The van der Waals surface area contributed by atoms with E-state index in [1.54, 1.807) is 73.7 Å². The molecule has 1 N–H and O–H groups in total. The molecule has 32 heavy (non-hydrogen) atoms. The SMILES string of the molecule is C=CCOc1cccc(NC(=O)CN(c2ccc(Cl)cc2C)S(=O)(=O)c2ccccc2)c1. The Morgan fingerprint density at radius 2 is 1.84 bits per heavy atom. The minimum Gasteiger partial charge on any atom is -0.489 e. The van der Waals surface area contributed by atoms with Crippen LogP contribution in [0.4, 0.5) is 11.4 Å². The fourth-order valence-electron chi connectivity index (χ4n) is 3.07. The molecule has 0 aliphatic heterocycles. The Bertz CT molecular complexity index is 1210. The number of ether oxygens (including phenoxy) is 1. The molecule has 0 fully saturated rings. The summed E-state index contributed by atoms with van der Waals surface area (Å²) in [4.78, 5) is 13.0. The summed E-state index contributed by atoms with van der Waals surface area (Å²) < 4.78 is 33.4. The molecular weight excluding hydrogens is 448 g/mol. The summed E-state index contributed by atoms with van der Waals surface area (Å²) in [6.07, 6.45) is 1.62. The van der Waals surface area contributed by atoms with Crippen molar-refractivity contribution >= 4 is 38.9 Å². The molecule has 0 aliphatic rings. The van der Waals surface area contributed by atoms with Gasteiger partial charge in [0.2, 0.25) is 5.91 Å². The average Bonchev–Trinajstić information content (AvgIpc) is 2.77. The van der Waals surface area contributed by atoms with Crippen LogP contribution in [0.25, 0.3) is 0 Å². The van der Waals surface area contributed by atoms with Crippen LogP contribution in [0.3, 0.4) is 0 Å². The second-order valence-corrected chi connectivity index (χ2v) is 9.23. The molecule has 0 aliphatic carbocycles. The maximum absolute atomic E-state index is 13.4. The quantitative estimate of drug-likeness (QED) is 0.444. The first-order valence-corrected chi connectivity index (χ1v) is 11.6. The van der Waals surface area contributed by atoms with Gasteiger partial charge in [-0.15, -0.1) is 0 Å². The molecule has 0 atom stereocenters. The molecule has 166 valence electrons. The Hall–Kier alpha value is -3.29. The van der Waals surface area contributed by atoms with Gasteiger partial charge in [-0.05, 0) is 55.0 Å². The number of hydrogen-bond donors (Lipinski definition) is 1. The van der Waals surface area contributed by atoms with E-state index < -0.39 is 22.5 Å². The first kappa shape index (κ1) is 23.4. The molecule has 0 radical (unpaired) electrons. The molecule has 0 saturated heterocycles. The predicted octanol–water partition coefficient (Wildman–Crippen LogP) is 5.05. The molecule has 8 heteroatoms. The summed E-state index contributed by atoms with van der Waals surface area (Å²) in [5.74, 6) is 0.0599. The Morgan fingerprint density at radius 3 is 2.53 bits per heavy atom. The lowest BCUT2D eigenvalue weighted by molar-refractivity contribution is -0.114. The van der Waals surface area contributed by atoms with Crippen LogP contribution in [-0.4, -0.2) is 27.5 Å². The molecule has 0 heterocycles. The van der Waals surface area contributed by atoms with Crippen LogP contribution in [-0.2, 0) is 14.8 Å². The number of benzene rings is 3. The molecule has 3 rings (SSSR count). The summed E-state index contributed by atoms with van der Waals surface area (Å²) in [7, 11) is -4.00. The van der Waals surface area contributed by atoms with E-state index in [9.17, 15) is 13.2 Å². The Balaban J connectivity index is 1.91. The number of nitrogens with one attached hydrogen (secondary N) is 1. The van der Waals surface area contributed by atoms with Crippen LogP contribution in [0.15, 0.2) is 90.3 Å².